The summed E-state index contributed by atoms with van der Waals surface area (Å²) in [6.07, 6.45) is 2.44. The summed E-state index contributed by atoms with van der Waals surface area (Å²) in [6.45, 7) is 0. The summed E-state index contributed by atoms with van der Waals surface area (Å²) in [5.74, 6) is 7.32. The van der Waals surface area contributed by atoms with Gasteiger partial charge in [-0.2, -0.15) is 0 Å². The van der Waals surface area contributed by atoms with E-state index in [0.717, 1.165) is 27.9 Å². The van der Waals surface area contributed by atoms with Crippen LogP contribution in [0, 0.1) is 0 Å². The van der Waals surface area contributed by atoms with Gasteiger partial charge in [-0.05, 0) is 24.3 Å². The summed E-state index contributed by atoms with van der Waals surface area (Å²) in [6, 6.07) is 11.8. The van der Waals surface area contributed by atoms with E-state index in [1.807, 2.05) is 36.4 Å². The Labute approximate surface area is 116 Å². The van der Waals surface area contributed by atoms with Crippen LogP contribution < -0.4 is 11.3 Å². The molecule has 3 nitrogen and oxygen atoms in total. The maximum atomic E-state index is 6.10. The maximum Gasteiger partial charge on any atom is 0.105 e. The summed E-state index contributed by atoms with van der Waals surface area (Å²) >= 11 is 7.79. The highest BCUT2D eigenvalue weighted by Crippen LogP contribution is 2.27. The second-order valence-electron chi connectivity index (χ2n) is 3.89. The number of thioether (sulfide) groups is 1. The minimum absolute atomic E-state index is 0.150. The number of furan rings is 1. The molecule has 5 heteroatoms. The predicted molar refractivity (Wildman–Crippen MR) is 75.7 cm³/mol. The van der Waals surface area contributed by atoms with Crippen molar-refractivity contribution in [1.29, 1.82) is 0 Å². The highest BCUT2D eigenvalue weighted by atomic mass is 35.5. The van der Waals surface area contributed by atoms with Crippen LogP contribution in [0.4, 0.5) is 0 Å². The standard InChI is InChI=1S/C13H15ClN2OS/c14-12-5-1-2-6-13(12)18-9-10(16-15)8-11-4-3-7-17-11/h1-7,10,16H,8-9,15H2. The molecule has 3 N–H and O–H groups in total. The van der Waals surface area contributed by atoms with Crippen LogP contribution in [0.3, 0.4) is 0 Å². The van der Waals surface area contributed by atoms with Crippen molar-refractivity contribution in [2.75, 3.05) is 5.75 Å². The Balaban J connectivity index is 1.89. The smallest absolute Gasteiger partial charge is 0.105 e. The first-order valence-electron chi connectivity index (χ1n) is 5.65. The van der Waals surface area contributed by atoms with Crippen molar-refractivity contribution in [2.45, 2.75) is 17.4 Å². The van der Waals surface area contributed by atoms with Gasteiger partial charge in [0.15, 0.2) is 0 Å². The molecular weight excluding hydrogens is 268 g/mol. The Morgan fingerprint density at radius 1 is 1.28 bits per heavy atom. The van der Waals surface area contributed by atoms with Crippen molar-refractivity contribution in [3.63, 3.8) is 0 Å². The van der Waals surface area contributed by atoms with Gasteiger partial charge >= 0.3 is 0 Å². The molecular formula is C13H15ClN2OS. The summed E-state index contributed by atoms with van der Waals surface area (Å²) < 4.78 is 5.31. The first kappa shape index (κ1) is 13.5. The van der Waals surface area contributed by atoms with Crippen molar-refractivity contribution in [1.82, 2.24) is 5.43 Å². The predicted octanol–water partition coefficient (Wildman–Crippen LogP) is 3.10. The van der Waals surface area contributed by atoms with Crippen LogP contribution in [0.5, 0.6) is 0 Å². The quantitative estimate of drug-likeness (QED) is 0.486. The average molecular weight is 283 g/mol. The van der Waals surface area contributed by atoms with Gasteiger partial charge in [-0.25, -0.2) is 0 Å². The maximum absolute atomic E-state index is 6.10. The molecule has 0 amide bonds. The van der Waals surface area contributed by atoms with E-state index in [2.05, 4.69) is 5.43 Å². The van der Waals surface area contributed by atoms with E-state index in [9.17, 15) is 0 Å². The van der Waals surface area contributed by atoms with Crippen molar-refractivity contribution in [3.05, 3.63) is 53.4 Å². The Kier molecular flexibility index (Phi) is 5.13. The van der Waals surface area contributed by atoms with E-state index < -0.39 is 0 Å². The first-order valence-corrected chi connectivity index (χ1v) is 7.02. The number of halogens is 1. The van der Waals surface area contributed by atoms with E-state index in [0.29, 0.717) is 0 Å². The molecule has 2 rings (SSSR count). The monoisotopic (exact) mass is 282 g/mol. The highest BCUT2D eigenvalue weighted by Gasteiger charge is 2.11. The summed E-state index contributed by atoms with van der Waals surface area (Å²) in [5.41, 5.74) is 2.81. The molecule has 0 radical (unpaired) electrons. The molecule has 1 unspecified atom stereocenters. The number of rotatable bonds is 6. The second-order valence-corrected chi connectivity index (χ2v) is 5.36. The number of hydrazine groups is 1. The van der Waals surface area contributed by atoms with Crippen molar-refractivity contribution in [3.8, 4) is 0 Å². The van der Waals surface area contributed by atoms with Crippen LogP contribution in [0.25, 0.3) is 0 Å². The fraction of sp³-hybridized carbons (Fsp3) is 0.231. The highest BCUT2D eigenvalue weighted by molar-refractivity contribution is 7.99. The molecule has 0 spiro atoms. The van der Waals surface area contributed by atoms with E-state index in [-0.39, 0.29) is 6.04 Å². The second kappa shape index (κ2) is 6.85. The molecule has 2 aromatic rings. The molecule has 0 saturated carbocycles. The topological polar surface area (TPSA) is 51.2 Å². The number of hydrogen-bond acceptors (Lipinski definition) is 4. The van der Waals surface area contributed by atoms with Crippen LogP contribution in [-0.2, 0) is 6.42 Å². The van der Waals surface area contributed by atoms with Crippen molar-refractivity contribution in [2.24, 2.45) is 5.84 Å². The third-order valence-electron chi connectivity index (χ3n) is 2.54. The molecule has 96 valence electrons. The molecule has 0 aliphatic rings. The average Bonchev–Trinajstić information content (AvgIpc) is 2.89. The summed E-state index contributed by atoms with van der Waals surface area (Å²) in [5, 5.41) is 0.774. The van der Waals surface area contributed by atoms with E-state index in [1.54, 1.807) is 18.0 Å². The number of nitrogens with one attached hydrogen (secondary N) is 1. The first-order chi connectivity index (χ1) is 8.79. The van der Waals surface area contributed by atoms with Gasteiger partial charge in [0.2, 0.25) is 0 Å². The number of hydrogen-bond donors (Lipinski definition) is 2. The number of nitrogens with two attached hydrogens (primary N) is 1. The Morgan fingerprint density at radius 2 is 2.11 bits per heavy atom. The minimum atomic E-state index is 0.150. The van der Waals surface area contributed by atoms with E-state index in [4.69, 9.17) is 21.9 Å². The Hall–Kier alpha value is -0.940. The van der Waals surface area contributed by atoms with Gasteiger partial charge in [0.25, 0.3) is 0 Å². The number of benzene rings is 1. The lowest BCUT2D eigenvalue weighted by Gasteiger charge is -2.14. The van der Waals surface area contributed by atoms with Crippen LogP contribution in [0.2, 0.25) is 5.02 Å². The normalized spacial score (nSPS) is 12.6. The van der Waals surface area contributed by atoms with Gasteiger partial charge in [-0.15, -0.1) is 11.8 Å². The van der Waals surface area contributed by atoms with E-state index in [1.165, 1.54) is 0 Å². The molecule has 0 fully saturated rings. The zero-order valence-electron chi connectivity index (χ0n) is 9.80. The molecule has 0 aliphatic heterocycles. The van der Waals surface area contributed by atoms with Gasteiger partial charge in [0.05, 0.1) is 11.3 Å². The van der Waals surface area contributed by atoms with Crippen molar-refractivity contribution < 1.29 is 4.42 Å². The van der Waals surface area contributed by atoms with Crippen LogP contribution in [-0.4, -0.2) is 11.8 Å². The fourth-order valence-electron chi connectivity index (χ4n) is 1.59. The third-order valence-corrected chi connectivity index (χ3v) is 4.22. The van der Waals surface area contributed by atoms with Gasteiger partial charge in [0.1, 0.15) is 5.76 Å². The van der Waals surface area contributed by atoms with Crippen LogP contribution in [0.1, 0.15) is 5.76 Å². The lowest BCUT2D eigenvalue weighted by molar-refractivity contribution is 0.465. The fourth-order valence-corrected chi connectivity index (χ4v) is 2.86. The molecule has 1 atom stereocenters. The zero-order valence-corrected chi connectivity index (χ0v) is 11.4. The lowest BCUT2D eigenvalue weighted by atomic mass is 10.2. The van der Waals surface area contributed by atoms with Gasteiger partial charge in [-0.3, -0.25) is 11.3 Å². The molecule has 0 bridgehead atoms. The largest absolute Gasteiger partial charge is 0.469 e. The molecule has 1 aromatic carbocycles. The summed E-state index contributed by atoms with van der Waals surface area (Å²) in [7, 11) is 0. The van der Waals surface area contributed by atoms with Crippen LogP contribution >= 0.6 is 23.4 Å². The van der Waals surface area contributed by atoms with Gasteiger partial charge in [0, 0.05) is 23.1 Å². The molecule has 1 aromatic heterocycles. The minimum Gasteiger partial charge on any atom is -0.469 e. The molecule has 18 heavy (non-hydrogen) atoms. The summed E-state index contributed by atoms with van der Waals surface area (Å²) in [4.78, 5) is 1.07. The van der Waals surface area contributed by atoms with Gasteiger partial charge < -0.3 is 4.42 Å². The SMILES string of the molecule is NNC(CSc1ccccc1Cl)Cc1ccco1. The Morgan fingerprint density at radius 3 is 2.78 bits per heavy atom. The molecule has 0 saturated heterocycles. The Bertz CT molecular complexity index is 476. The van der Waals surface area contributed by atoms with Crippen LogP contribution in [0.15, 0.2) is 52.0 Å². The van der Waals surface area contributed by atoms with Gasteiger partial charge in [-0.1, -0.05) is 23.7 Å². The lowest BCUT2D eigenvalue weighted by Crippen LogP contribution is -2.38. The third kappa shape index (κ3) is 3.78. The molecule has 0 aliphatic carbocycles. The zero-order chi connectivity index (χ0) is 12.8. The van der Waals surface area contributed by atoms with Crippen molar-refractivity contribution >= 4 is 23.4 Å². The van der Waals surface area contributed by atoms with E-state index >= 15 is 0 Å². The molecule has 1 heterocycles.